The number of aryl methyl sites for hydroxylation is 2. The molecule has 0 aliphatic carbocycles. The van der Waals surface area contributed by atoms with E-state index in [2.05, 4.69) is 62.2 Å². The van der Waals surface area contributed by atoms with Crippen LogP contribution in [-0.4, -0.2) is 61.4 Å². The number of piperidine rings is 1. The Hall–Kier alpha value is -3.33. The van der Waals surface area contributed by atoms with Crippen molar-refractivity contribution in [3.05, 3.63) is 53.7 Å². The summed E-state index contributed by atoms with van der Waals surface area (Å²) in [5.74, 6) is 0.695. The van der Waals surface area contributed by atoms with Gasteiger partial charge in [0, 0.05) is 37.8 Å². The highest BCUT2D eigenvalue weighted by atomic mass is 16.5. The number of pyridine rings is 1. The number of nitrogens with one attached hydrogen (secondary N) is 1. The van der Waals surface area contributed by atoms with E-state index in [9.17, 15) is 4.79 Å². The van der Waals surface area contributed by atoms with Crippen LogP contribution in [0.5, 0.6) is 0 Å². The zero-order chi connectivity index (χ0) is 22.1. The van der Waals surface area contributed by atoms with E-state index in [1.54, 1.807) is 11.9 Å². The molecule has 9 heteroatoms. The maximum absolute atomic E-state index is 12.6. The third-order valence-corrected chi connectivity index (χ3v) is 6.58. The lowest BCUT2D eigenvalue weighted by Gasteiger charge is -2.38. The second-order valence-electron chi connectivity index (χ2n) is 8.78. The van der Waals surface area contributed by atoms with Gasteiger partial charge in [-0.1, -0.05) is 29.4 Å². The number of benzene rings is 1. The van der Waals surface area contributed by atoms with Gasteiger partial charge in [-0.2, -0.15) is 0 Å². The molecule has 1 N–H and O–H groups in total. The van der Waals surface area contributed by atoms with E-state index >= 15 is 0 Å². The fraction of sp³-hybridized carbons (Fsp3) is 0.435. The lowest BCUT2D eigenvalue weighted by atomic mass is 9.83. The topological polar surface area (TPSA) is 98.1 Å². The number of amides is 2. The zero-order valence-electron chi connectivity index (χ0n) is 18.4. The van der Waals surface area contributed by atoms with Crippen LogP contribution in [0.15, 0.2) is 42.6 Å². The molecule has 0 radical (unpaired) electrons. The molecule has 2 amide bonds. The molecule has 4 heterocycles. The van der Waals surface area contributed by atoms with Crippen molar-refractivity contribution in [1.29, 1.82) is 0 Å². The predicted octanol–water partition coefficient (Wildman–Crippen LogP) is 3.15. The van der Waals surface area contributed by atoms with Gasteiger partial charge in [0.25, 0.3) is 5.95 Å². The molecule has 2 aliphatic rings. The molecule has 5 rings (SSSR count). The van der Waals surface area contributed by atoms with Crippen molar-refractivity contribution in [3.8, 4) is 11.3 Å². The minimum absolute atomic E-state index is 0.161. The minimum Gasteiger partial charge on any atom is -0.374 e. The number of tetrazole rings is 1. The molecule has 2 saturated heterocycles. The van der Waals surface area contributed by atoms with Gasteiger partial charge in [-0.25, -0.2) is 9.48 Å². The average molecular weight is 434 g/mol. The van der Waals surface area contributed by atoms with Crippen molar-refractivity contribution in [2.45, 2.75) is 37.7 Å². The minimum atomic E-state index is -0.175. The van der Waals surface area contributed by atoms with Gasteiger partial charge in [-0.05, 0) is 59.9 Å². The molecule has 0 bridgehead atoms. The van der Waals surface area contributed by atoms with Gasteiger partial charge < -0.3 is 9.64 Å². The molecule has 1 atom stereocenters. The summed E-state index contributed by atoms with van der Waals surface area (Å²) in [7, 11) is 1.69. The number of hydrogen-bond acceptors (Lipinski definition) is 6. The summed E-state index contributed by atoms with van der Waals surface area (Å²) >= 11 is 0. The zero-order valence-corrected chi connectivity index (χ0v) is 18.4. The first-order valence-electron chi connectivity index (χ1n) is 11.0. The number of anilines is 1. The SMILES string of the molecule is Cc1ccc(-c2cccc([C@@H]3COC4(CCN(C(=O)Nc5nnnn5C)CC4)C3)c2)nc1. The fourth-order valence-corrected chi connectivity index (χ4v) is 4.62. The highest BCUT2D eigenvalue weighted by Crippen LogP contribution is 2.43. The van der Waals surface area contributed by atoms with Crippen LogP contribution in [0.3, 0.4) is 0 Å². The van der Waals surface area contributed by atoms with Crippen LogP contribution in [0.1, 0.15) is 36.3 Å². The van der Waals surface area contributed by atoms with Gasteiger partial charge >= 0.3 is 6.03 Å². The van der Waals surface area contributed by atoms with E-state index < -0.39 is 0 Å². The van der Waals surface area contributed by atoms with Crippen LogP contribution in [0.25, 0.3) is 11.3 Å². The highest BCUT2D eigenvalue weighted by Gasteiger charge is 2.43. The largest absolute Gasteiger partial charge is 0.374 e. The molecule has 1 aromatic carbocycles. The lowest BCUT2D eigenvalue weighted by Crippen LogP contribution is -2.48. The first kappa shape index (κ1) is 20.6. The number of likely N-dealkylation sites (tertiary alicyclic amines) is 1. The summed E-state index contributed by atoms with van der Waals surface area (Å²) in [6, 6.07) is 12.6. The number of carbonyl (C=O) groups excluding carboxylic acids is 1. The van der Waals surface area contributed by atoms with Gasteiger partial charge in [0.05, 0.1) is 17.9 Å². The summed E-state index contributed by atoms with van der Waals surface area (Å²) < 4.78 is 7.79. The van der Waals surface area contributed by atoms with Gasteiger partial charge in [0.2, 0.25) is 0 Å². The molecule has 1 spiro atoms. The number of hydrogen-bond donors (Lipinski definition) is 1. The predicted molar refractivity (Wildman–Crippen MR) is 119 cm³/mol. The normalized spacial score (nSPS) is 19.9. The molecular formula is C23H27N7O2. The Morgan fingerprint density at radius 1 is 1.22 bits per heavy atom. The quantitative estimate of drug-likeness (QED) is 0.681. The van der Waals surface area contributed by atoms with Gasteiger partial charge in [0.15, 0.2) is 0 Å². The maximum atomic E-state index is 12.6. The number of carbonyl (C=O) groups is 1. The molecule has 0 saturated carbocycles. The van der Waals surface area contributed by atoms with E-state index in [1.165, 1.54) is 10.2 Å². The van der Waals surface area contributed by atoms with Crippen LogP contribution in [0, 0.1) is 6.92 Å². The van der Waals surface area contributed by atoms with Crippen molar-refractivity contribution in [3.63, 3.8) is 0 Å². The molecule has 2 aliphatic heterocycles. The van der Waals surface area contributed by atoms with Crippen LogP contribution >= 0.6 is 0 Å². The monoisotopic (exact) mass is 433 g/mol. The van der Waals surface area contributed by atoms with Crippen molar-refractivity contribution >= 4 is 12.0 Å². The van der Waals surface area contributed by atoms with Crippen molar-refractivity contribution < 1.29 is 9.53 Å². The molecular weight excluding hydrogens is 406 g/mol. The first-order valence-corrected chi connectivity index (χ1v) is 11.0. The van der Waals surface area contributed by atoms with E-state index in [0.29, 0.717) is 31.6 Å². The summed E-state index contributed by atoms with van der Waals surface area (Å²) in [4.78, 5) is 18.9. The number of urea groups is 1. The Kier molecular flexibility index (Phi) is 5.34. The van der Waals surface area contributed by atoms with E-state index in [-0.39, 0.29) is 11.6 Å². The molecule has 2 aromatic heterocycles. The maximum Gasteiger partial charge on any atom is 0.324 e. The van der Waals surface area contributed by atoms with Crippen LogP contribution in [-0.2, 0) is 11.8 Å². The van der Waals surface area contributed by atoms with Gasteiger partial charge in [0.1, 0.15) is 0 Å². The lowest BCUT2D eigenvalue weighted by molar-refractivity contribution is -0.0355. The highest BCUT2D eigenvalue weighted by molar-refractivity contribution is 5.87. The standard InChI is InChI=1S/C23H27N7O2/c1-16-6-7-20(24-14-16)18-5-3-4-17(12-18)19-13-23(32-15-19)8-10-30(11-9-23)22(31)25-21-26-27-28-29(21)2/h3-7,12,14,19H,8-11,13,15H2,1-2H3,(H,25,26,28,31)/t19-/m0/s1. The Bertz CT molecular complexity index is 1100. The van der Waals surface area contributed by atoms with Crippen LogP contribution in [0.4, 0.5) is 10.7 Å². The number of nitrogens with zero attached hydrogens (tertiary/aromatic N) is 6. The average Bonchev–Trinajstić information content (AvgIpc) is 3.41. The number of aromatic nitrogens is 5. The second kappa shape index (κ2) is 8.31. The summed E-state index contributed by atoms with van der Waals surface area (Å²) in [6.07, 6.45) is 4.53. The molecule has 166 valence electrons. The molecule has 32 heavy (non-hydrogen) atoms. The summed E-state index contributed by atoms with van der Waals surface area (Å²) in [5.41, 5.74) is 4.41. The van der Waals surface area contributed by atoms with E-state index in [4.69, 9.17) is 4.74 Å². The second-order valence-corrected chi connectivity index (χ2v) is 8.78. The van der Waals surface area contributed by atoms with E-state index in [1.807, 2.05) is 13.1 Å². The van der Waals surface area contributed by atoms with Gasteiger partial charge in [-0.3, -0.25) is 10.3 Å². The van der Waals surface area contributed by atoms with E-state index in [0.717, 1.165) is 36.1 Å². The van der Waals surface area contributed by atoms with Crippen molar-refractivity contribution in [1.82, 2.24) is 30.1 Å². The van der Waals surface area contributed by atoms with Gasteiger partial charge in [-0.15, -0.1) is 0 Å². The van der Waals surface area contributed by atoms with Crippen LogP contribution < -0.4 is 5.32 Å². The molecule has 3 aromatic rings. The Labute approximate surface area is 186 Å². The Morgan fingerprint density at radius 2 is 2.06 bits per heavy atom. The Balaban J connectivity index is 1.21. The fourth-order valence-electron chi connectivity index (χ4n) is 4.62. The third-order valence-electron chi connectivity index (χ3n) is 6.58. The molecule has 9 nitrogen and oxygen atoms in total. The van der Waals surface area contributed by atoms with Crippen molar-refractivity contribution in [2.75, 3.05) is 25.0 Å². The smallest absolute Gasteiger partial charge is 0.324 e. The first-order chi connectivity index (χ1) is 15.5. The molecule has 0 unspecified atom stereocenters. The van der Waals surface area contributed by atoms with Crippen LogP contribution in [0.2, 0.25) is 0 Å². The summed E-state index contributed by atoms with van der Waals surface area (Å²) in [5, 5.41) is 13.9. The number of ether oxygens (including phenoxy) is 1. The van der Waals surface area contributed by atoms with Crippen molar-refractivity contribution in [2.24, 2.45) is 7.05 Å². The number of rotatable bonds is 3. The Morgan fingerprint density at radius 3 is 2.78 bits per heavy atom. The molecule has 2 fully saturated rings. The summed E-state index contributed by atoms with van der Waals surface area (Å²) in [6.45, 7) is 4.06. The third kappa shape index (κ3) is 4.08.